The highest BCUT2D eigenvalue weighted by Crippen LogP contribution is 2.52. The van der Waals surface area contributed by atoms with Gasteiger partial charge in [-0.1, -0.05) is 12.2 Å². The minimum absolute atomic E-state index is 0.0671. The second-order valence-electron chi connectivity index (χ2n) is 6.50. The molecule has 3 aliphatic heterocycles. The number of likely N-dealkylation sites (tertiary alicyclic amines) is 1. The Bertz CT molecular complexity index is 847. The molecule has 2 bridgehead atoms. The molecule has 4 atom stereocenters. The predicted octanol–water partition coefficient (Wildman–Crippen LogP) is 1.66. The third-order valence-corrected chi connectivity index (χ3v) is 5.76. The van der Waals surface area contributed by atoms with Crippen LogP contribution < -0.4 is 5.32 Å². The van der Waals surface area contributed by atoms with Crippen molar-refractivity contribution in [3.63, 3.8) is 0 Å². The van der Waals surface area contributed by atoms with E-state index in [4.69, 9.17) is 9.15 Å². The molecule has 1 N–H and O–H groups in total. The second-order valence-corrected chi connectivity index (χ2v) is 7.39. The first-order chi connectivity index (χ1) is 12.2. The fourth-order valence-corrected chi connectivity index (χ4v) is 4.61. The molecule has 0 saturated carbocycles. The maximum atomic E-state index is 13.0. The van der Waals surface area contributed by atoms with Crippen LogP contribution in [0.3, 0.4) is 0 Å². The van der Waals surface area contributed by atoms with Gasteiger partial charge in [-0.15, -0.1) is 11.3 Å². The summed E-state index contributed by atoms with van der Waals surface area (Å²) >= 11 is 1.35. The van der Waals surface area contributed by atoms with Crippen molar-refractivity contribution in [2.45, 2.75) is 18.2 Å². The zero-order valence-electron chi connectivity index (χ0n) is 13.1. The van der Waals surface area contributed by atoms with Gasteiger partial charge < -0.3 is 19.4 Å². The van der Waals surface area contributed by atoms with Gasteiger partial charge in [0, 0.05) is 11.6 Å². The quantitative estimate of drug-likeness (QED) is 0.841. The summed E-state index contributed by atoms with van der Waals surface area (Å²) in [4.78, 5) is 31.5. The fourth-order valence-electron chi connectivity index (χ4n) is 4.08. The van der Waals surface area contributed by atoms with Gasteiger partial charge in [-0.2, -0.15) is 0 Å². The number of nitrogens with zero attached hydrogens (tertiary/aromatic N) is 2. The average Bonchev–Trinajstić information content (AvgIpc) is 3.37. The van der Waals surface area contributed by atoms with E-state index >= 15 is 0 Å². The van der Waals surface area contributed by atoms with Crippen LogP contribution in [0.1, 0.15) is 5.76 Å². The van der Waals surface area contributed by atoms with Crippen molar-refractivity contribution in [2.75, 3.05) is 11.9 Å². The summed E-state index contributed by atoms with van der Waals surface area (Å²) < 4.78 is 11.4. The van der Waals surface area contributed by atoms with Crippen molar-refractivity contribution in [3.05, 3.63) is 47.9 Å². The lowest BCUT2D eigenvalue weighted by Crippen LogP contribution is -2.41. The van der Waals surface area contributed by atoms with E-state index in [9.17, 15) is 9.59 Å². The molecule has 25 heavy (non-hydrogen) atoms. The first kappa shape index (κ1) is 14.9. The van der Waals surface area contributed by atoms with Crippen LogP contribution in [0.25, 0.3) is 0 Å². The first-order valence-electron chi connectivity index (χ1n) is 8.05. The first-order valence-corrected chi connectivity index (χ1v) is 8.93. The van der Waals surface area contributed by atoms with Crippen LogP contribution in [0.2, 0.25) is 0 Å². The number of hydrogen-bond donors (Lipinski definition) is 1. The highest BCUT2D eigenvalue weighted by atomic mass is 32.1. The minimum Gasteiger partial charge on any atom is -0.467 e. The Hall–Kier alpha value is -2.45. The van der Waals surface area contributed by atoms with Gasteiger partial charge in [0.25, 0.3) is 0 Å². The number of carbonyl (C=O) groups is 2. The van der Waals surface area contributed by atoms with Gasteiger partial charge in [0.2, 0.25) is 11.8 Å². The van der Waals surface area contributed by atoms with Gasteiger partial charge in [0.1, 0.15) is 11.4 Å². The number of carbonyl (C=O) groups excluding carboxylic acids is 2. The van der Waals surface area contributed by atoms with Crippen LogP contribution in [-0.4, -0.2) is 39.9 Å². The third-order valence-electron chi connectivity index (χ3n) is 5.07. The molecule has 2 aromatic heterocycles. The number of furan rings is 1. The minimum atomic E-state index is -0.709. The number of rotatable bonds is 4. The molecule has 7 nitrogen and oxygen atoms in total. The second kappa shape index (κ2) is 5.27. The summed E-state index contributed by atoms with van der Waals surface area (Å²) in [6.45, 7) is 0.817. The highest BCUT2D eigenvalue weighted by molar-refractivity contribution is 7.13. The Kier molecular flexibility index (Phi) is 3.13. The van der Waals surface area contributed by atoms with Crippen molar-refractivity contribution in [1.29, 1.82) is 0 Å². The molecule has 2 fully saturated rings. The van der Waals surface area contributed by atoms with Crippen LogP contribution in [0.15, 0.2) is 46.5 Å². The lowest BCUT2D eigenvalue weighted by atomic mass is 9.77. The van der Waals surface area contributed by atoms with E-state index in [1.807, 2.05) is 18.2 Å². The maximum absolute atomic E-state index is 13.0. The normalized spacial score (nSPS) is 32.4. The summed E-state index contributed by atoms with van der Waals surface area (Å²) in [6.07, 6.45) is 6.69. The topological polar surface area (TPSA) is 84.7 Å². The summed E-state index contributed by atoms with van der Waals surface area (Å²) in [6, 6.07) is 3.63. The number of ether oxygens (including phenoxy) is 1. The fraction of sp³-hybridized carbons (Fsp3) is 0.353. The van der Waals surface area contributed by atoms with Crippen LogP contribution in [0, 0.1) is 11.8 Å². The van der Waals surface area contributed by atoms with Crippen molar-refractivity contribution >= 4 is 28.3 Å². The SMILES string of the molecule is O=C(Nc1nccs1)C1C2C=C[C@@]3(CN(Cc4ccco4)C(=O)C13)O2. The standard InChI is InChI=1S/C17H15N3O4S/c21-14(19-16-18-5-7-25-16)12-11-3-4-17(24-11)9-20(15(22)13(12)17)8-10-2-1-6-23-10/h1-7,11-13H,8-9H2,(H,18,19,21)/t11?,12?,13?,17-/m0/s1. The molecule has 5 rings (SSSR count). The van der Waals surface area contributed by atoms with Gasteiger partial charge in [-0.3, -0.25) is 9.59 Å². The third kappa shape index (κ3) is 2.17. The van der Waals surface area contributed by atoms with Crippen LogP contribution in [-0.2, 0) is 20.9 Å². The van der Waals surface area contributed by atoms with E-state index in [2.05, 4.69) is 10.3 Å². The Morgan fingerprint density at radius 2 is 2.44 bits per heavy atom. The average molecular weight is 357 g/mol. The van der Waals surface area contributed by atoms with Crippen LogP contribution in [0.4, 0.5) is 5.13 Å². The monoisotopic (exact) mass is 357 g/mol. The predicted molar refractivity (Wildman–Crippen MR) is 88.6 cm³/mol. The molecule has 0 aliphatic carbocycles. The molecule has 2 aromatic rings. The molecule has 8 heteroatoms. The molecule has 128 valence electrons. The molecular weight excluding hydrogens is 342 g/mol. The van der Waals surface area contributed by atoms with E-state index in [-0.39, 0.29) is 17.9 Å². The van der Waals surface area contributed by atoms with Gasteiger partial charge in [-0.25, -0.2) is 4.98 Å². The van der Waals surface area contributed by atoms with Crippen molar-refractivity contribution < 1.29 is 18.7 Å². The number of aromatic nitrogens is 1. The molecule has 3 unspecified atom stereocenters. The van der Waals surface area contributed by atoms with E-state index < -0.39 is 17.4 Å². The number of nitrogens with one attached hydrogen (secondary N) is 1. The molecule has 5 heterocycles. The maximum Gasteiger partial charge on any atom is 0.233 e. The molecule has 0 radical (unpaired) electrons. The smallest absolute Gasteiger partial charge is 0.233 e. The Morgan fingerprint density at radius 3 is 3.20 bits per heavy atom. The summed E-state index contributed by atoms with van der Waals surface area (Å²) in [5.74, 6) is -0.612. The zero-order valence-corrected chi connectivity index (χ0v) is 13.9. The summed E-state index contributed by atoms with van der Waals surface area (Å²) in [5.41, 5.74) is -0.709. The number of amides is 2. The Labute approximate surface area is 147 Å². The number of fused-ring (bicyclic) bond motifs is 1. The van der Waals surface area contributed by atoms with Crippen LogP contribution in [0.5, 0.6) is 0 Å². The molecule has 3 aliphatic rings. The summed E-state index contributed by atoms with van der Waals surface area (Å²) in [7, 11) is 0. The lowest BCUT2D eigenvalue weighted by Gasteiger charge is -2.23. The zero-order chi connectivity index (χ0) is 17.0. The van der Waals surface area contributed by atoms with Gasteiger partial charge >= 0.3 is 0 Å². The molecule has 2 saturated heterocycles. The van der Waals surface area contributed by atoms with Gasteiger partial charge in [-0.05, 0) is 12.1 Å². The van der Waals surface area contributed by atoms with E-state index in [0.717, 1.165) is 0 Å². The van der Waals surface area contributed by atoms with Crippen molar-refractivity contribution in [1.82, 2.24) is 9.88 Å². The van der Waals surface area contributed by atoms with Gasteiger partial charge in [0.15, 0.2) is 5.13 Å². The molecule has 0 aromatic carbocycles. The van der Waals surface area contributed by atoms with Crippen molar-refractivity contribution in [3.8, 4) is 0 Å². The number of anilines is 1. The molecule has 2 amide bonds. The number of thiazole rings is 1. The van der Waals surface area contributed by atoms with E-state index in [0.29, 0.717) is 24.0 Å². The Balaban J connectivity index is 1.41. The van der Waals surface area contributed by atoms with E-state index in [1.165, 1.54) is 11.3 Å². The lowest BCUT2D eigenvalue weighted by molar-refractivity contribution is -0.136. The van der Waals surface area contributed by atoms with Gasteiger partial charge in [0.05, 0.1) is 37.3 Å². The largest absolute Gasteiger partial charge is 0.467 e. The summed E-state index contributed by atoms with van der Waals surface area (Å²) in [5, 5.41) is 5.13. The Morgan fingerprint density at radius 1 is 1.52 bits per heavy atom. The number of hydrogen-bond acceptors (Lipinski definition) is 6. The van der Waals surface area contributed by atoms with Crippen LogP contribution >= 0.6 is 11.3 Å². The molecule has 1 spiro atoms. The van der Waals surface area contributed by atoms with Crippen molar-refractivity contribution in [2.24, 2.45) is 11.8 Å². The van der Waals surface area contributed by atoms with E-state index in [1.54, 1.807) is 28.8 Å². The highest BCUT2D eigenvalue weighted by Gasteiger charge is 2.66. The molecular formula is C17H15N3O4S.